The molecule has 3 rings (SSSR count). The Labute approximate surface area is 144 Å². The van der Waals surface area contributed by atoms with Crippen molar-refractivity contribution in [3.8, 4) is 0 Å². The Balaban J connectivity index is 1.52. The zero-order chi connectivity index (χ0) is 17.3. The minimum absolute atomic E-state index is 0.0604. The van der Waals surface area contributed by atoms with Gasteiger partial charge in [-0.2, -0.15) is 0 Å². The Bertz CT molecular complexity index is 629. The number of ketones is 1. The van der Waals surface area contributed by atoms with Crippen LogP contribution in [0.25, 0.3) is 0 Å². The molecule has 0 saturated carbocycles. The van der Waals surface area contributed by atoms with E-state index in [4.69, 9.17) is 0 Å². The van der Waals surface area contributed by atoms with Crippen molar-refractivity contribution in [1.29, 1.82) is 0 Å². The van der Waals surface area contributed by atoms with Crippen molar-refractivity contribution >= 4 is 11.7 Å². The predicted octanol–water partition coefficient (Wildman–Crippen LogP) is 3.01. The summed E-state index contributed by atoms with van der Waals surface area (Å²) >= 11 is 0. The summed E-state index contributed by atoms with van der Waals surface area (Å²) in [5, 5.41) is 3.60. The summed E-state index contributed by atoms with van der Waals surface area (Å²) in [7, 11) is 1.90. The van der Waals surface area contributed by atoms with E-state index in [0.717, 1.165) is 18.4 Å². The first kappa shape index (κ1) is 17.2. The first-order valence-corrected chi connectivity index (χ1v) is 9.06. The van der Waals surface area contributed by atoms with Crippen LogP contribution < -0.4 is 5.32 Å². The summed E-state index contributed by atoms with van der Waals surface area (Å²) in [5.41, 5.74) is 3.02. The van der Waals surface area contributed by atoms with E-state index in [2.05, 4.69) is 5.32 Å². The number of aryl methyl sites for hydroxylation is 2. The van der Waals surface area contributed by atoms with Crippen molar-refractivity contribution in [2.45, 2.75) is 70.5 Å². The molecule has 2 aliphatic heterocycles. The van der Waals surface area contributed by atoms with Crippen LogP contribution in [0.5, 0.6) is 0 Å². The lowest BCUT2D eigenvalue weighted by atomic mass is 9.97. The highest BCUT2D eigenvalue weighted by molar-refractivity contribution is 5.98. The molecule has 2 unspecified atom stereocenters. The standard InChI is InChI=1S/C20H28N2O2/c1-13-4-5-15(10-14(13)2)19(23)8-9-20(24)22(3)18-11-16-6-7-17(12-18)21-16/h4-5,10,16-18,21H,6-9,11-12H2,1-3H3. The van der Waals surface area contributed by atoms with Crippen LogP contribution in [0, 0.1) is 13.8 Å². The lowest BCUT2D eigenvalue weighted by Crippen LogP contribution is -2.48. The van der Waals surface area contributed by atoms with Crippen molar-refractivity contribution in [3.63, 3.8) is 0 Å². The number of rotatable bonds is 5. The number of nitrogens with one attached hydrogen (secondary N) is 1. The van der Waals surface area contributed by atoms with E-state index in [1.165, 1.54) is 18.4 Å². The molecule has 2 heterocycles. The highest BCUT2D eigenvalue weighted by Gasteiger charge is 2.36. The molecular weight excluding hydrogens is 300 g/mol. The minimum atomic E-state index is 0.0604. The van der Waals surface area contributed by atoms with Gasteiger partial charge in [0.05, 0.1) is 0 Å². The molecule has 0 aliphatic carbocycles. The average molecular weight is 328 g/mol. The number of amides is 1. The molecule has 4 nitrogen and oxygen atoms in total. The van der Waals surface area contributed by atoms with Gasteiger partial charge in [0.1, 0.15) is 0 Å². The van der Waals surface area contributed by atoms with Crippen LogP contribution >= 0.6 is 0 Å². The third kappa shape index (κ3) is 3.69. The van der Waals surface area contributed by atoms with Gasteiger partial charge in [-0.05, 0) is 56.7 Å². The van der Waals surface area contributed by atoms with Crippen LogP contribution in [0.1, 0.15) is 60.0 Å². The number of piperidine rings is 1. The molecule has 1 aromatic rings. The Morgan fingerprint density at radius 1 is 1.08 bits per heavy atom. The molecule has 0 spiro atoms. The molecule has 0 aromatic heterocycles. The zero-order valence-electron chi connectivity index (χ0n) is 15.0. The van der Waals surface area contributed by atoms with Crippen LogP contribution in [0.3, 0.4) is 0 Å². The highest BCUT2D eigenvalue weighted by Crippen LogP contribution is 2.29. The van der Waals surface area contributed by atoms with E-state index in [0.29, 0.717) is 36.5 Å². The normalized spacial score (nSPS) is 25.5. The molecule has 2 bridgehead atoms. The maximum absolute atomic E-state index is 12.5. The van der Waals surface area contributed by atoms with Gasteiger partial charge < -0.3 is 10.2 Å². The molecule has 1 aromatic carbocycles. The molecule has 1 amide bonds. The number of Topliss-reactive ketones (excluding diaryl/α,β-unsaturated/α-hetero) is 1. The van der Waals surface area contributed by atoms with Gasteiger partial charge in [-0.25, -0.2) is 0 Å². The first-order chi connectivity index (χ1) is 11.4. The second-order valence-electron chi connectivity index (χ2n) is 7.49. The number of fused-ring (bicyclic) bond motifs is 2. The molecule has 2 aliphatic rings. The molecular formula is C20H28N2O2. The summed E-state index contributed by atoms with van der Waals surface area (Å²) in [5.74, 6) is 0.156. The molecule has 1 N–H and O–H groups in total. The fraction of sp³-hybridized carbons (Fsp3) is 0.600. The van der Waals surface area contributed by atoms with Crippen LogP contribution in [0.2, 0.25) is 0 Å². The van der Waals surface area contributed by atoms with E-state index in [9.17, 15) is 9.59 Å². The van der Waals surface area contributed by atoms with E-state index in [1.807, 2.05) is 44.0 Å². The third-order valence-corrected chi connectivity index (χ3v) is 5.78. The van der Waals surface area contributed by atoms with Gasteiger partial charge in [-0.3, -0.25) is 9.59 Å². The van der Waals surface area contributed by atoms with Crippen molar-refractivity contribution in [3.05, 3.63) is 34.9 Å². The summed E-state index contributed by atoms with van der Waals surface area (Å²) in [4.78, 5) is 26.7. The molecule has 130 valence electrons. The third-order valence-electron chi connectivity index (χ3n) is 5.78. The van der Waals surface area contributed by atoms with E-state index in [1.54, 1.807) is 0 Å². The number of benzene rings is 1. The SMILES string of the molecule is Cc1ccc(C(=O)CCC(=O)N(C)C2CC3CCC(C2)N3)cc1C. The predicted molar refractivity (Wildman–Crippen MR) is 95.2 cm³/mol. The zero-order valence-corrected chi connectivity index (χ0v) is 15.0. The monoisotopic (exact) mass is 328 g/mol. The molecule has 0 radical (unpaired) electrons. The number of carbonyl (C=O) groups excluding carboxylic acids is 2. The number of carbonyl (C=O) groups is 2. The number of nitrogens with zero attached hydrogens (tertiary/aromatic N) is 1. The Hall–Kier alpha value is -1.68. The van der Waals surface area contributed by atoms with Gasteiger partial charge in [-0.15, -0.1) is 0 Å². The van der Waals surface area contributed by atoms with Gasteiger partial charge in [0.2, 0.25) is 5.91 Å². The van der Waals surface area contributed by atoms with Gasteiger partial charge in [0.25, 0.3) is 0 Å². The van der Waals surface area contributed by atoms with Crippen molar-refractivity contribution in [1.82, 2.24) is 10.2 Å². The van der Waals surface area contributed by atoms with Gasteiger partial charge in [-0.1, -0.05) is 12.1 Å². The molecule has 2 atom stereocenters. The van der Waals surface area contributed by atoms with Crippen molar-refractivity contribution in [2.75, 3.05) is 7.05 Å². The quantitative estimate of drug-likeness (QED) is 0.845. The number of hydrogen-bond acceptors (Lipinski definition) is 3. The summed E-state index contributed by atoms with van der Waals surface area (Å²) < 4.78 is 0. The lowest BCUT2D eigenvalue weighted by molar-refractivity contribution is -0.132. The summed E-state index contributed by atoms with van der Waals surface area (Å²) in [6.45, 7) is 4.05. The Morgan fingerprint density at radius 2 is 1.75 bits per heavy atom. The van der Waals surface area contributed by atoms with Gasteiger partial charge >= 0.3 is 0 Å². The second-order valence-corrected chi connectivity index (χ2v) is 7.49. The second kappa shape index (κ2) is 7.06. The first-order valence-electron chi connectivity index (χ1n) is 9.06. The highest BCUT2D eigenvalue weighted by atomic mass is 16.2. The van der Waals surface area contributed by atoms with Crippen LogP contribution in [0.15, 0.2) is 18.2 Å². The van der Waals surface area contributed by atoms with Gasteiger partial charge in [0, 0.05) is 43.6 Å². The minimum Gasteiger partial charge on any atom is -0.343 e. The largest absolute Gasteiger partial charge is 0.343 e. The topological polar surface area (TPSA) is 49.4 Å². The number of hydrogen-bond donors (Lipinski definition) is 1. The molecule has 2 fully saturated rings. The van der Waals surface area contributed by atoms with E-state index < -0.39 is 0 Å². The van der Waals surface area contributed by atoms with Gasteiger partial charge in [0.15, 0.2) is 5.78 Å². The van der Waals surface area contributed by atoms with Crippen LogP contribution in [-0.2, 0) is 4.79 Å². The summed E-state index contributed by atoms with van der Waals surface area (Å²) in [6, 6.07) is 7.23. The van der Waals surface area contributed by atoms with Crippen LogP contribution in [-0.4, -0.2) is 41.8 Å². The molecule has 4 heteroatoms. The van der Waals surface area contributed by atoms with E-state index in [-0.39, 0.29) is 11.7 Å². The summed E-state index contributed by atoms with van der Waals surface area (Å²) in [6.07, 6.45) is 5.15. The fourth-order valence-electron chi connectivity index (χ4n) is 4.00. The fourth-order valence-corrected chi connectivity index (χ4v) is 4.00. The van der Waals surface area contributed by atoms with Crippen molar-refractivity contribution in [2.24, 2.45) is 0 Å². The maximum Gasteiger partial charge on any atom is 0.223 e. The Kier molecular flexibility index (Phi) is 5.04. The molecule has 2 saturated heterocycles. The lowest BCUT2D eigenvalue weighted by Gasteiger charge is -2.35. The van der Waals surface area contributed by atoms with Crippen molar-refractivity contribution < 1.29 is 9.59 Å². The van der Waals surface area contributed by atoms with Crippen LogP contribution in [0.4, 0.5) is 0 Å². The Morgan fingerprint density at radius 3 is 2.38 bits per heavy atom. The smallest absolute Gasteiger partial charge is 0.223 e. The average Bonchev–Trinajstić information content (AvgIpc) is 2.92. The maximum atomic E-state index is 12.5. The molecule has 24 heavy (non-hydrogen) atoms. The van der Waals surface area contributed by atoms with E-state index >= 15 is 0 Å².